The van der Waals surface area contributed by atoms with E-state index >= 15 is 0 Å². The molecule has 2 aliphatic rings. The van der Waals surface area contributed by atoms with Gasteiger partial charge in [-0.05, 0) is 152 Å². The molecule has 0 heteroatoms. The standard InChI is InChI=1S/C45H28/c1-2-5-32-22-40-21-30-12-13-33(40)25-42-36(19-29-10-8-28(9-11-29)18-31(32)4-1)14-15-38-24-39-17-16-37-23-35-7-3-6-34(20-30)41(35)26-43(37)45(39)27-44(38)42/h1-21,23-27H,22H2. The maximum Gasteiger partial charge on any atom is -0.00137 e. The highest BCUT2D eigenvalue weighted by Crippen LogP contribution is 2.36. The zero-order valence-corrected chi connectivity index (χ0v) is 24.7. The van der Waals surface area contributed by atoms with Crippen LogP contribution in [0, 0.1) is 0 Å². The second-order valence-corrected chi connectivity index (χ2v) is 12.6. The first kappa shape index (κ1) is 24.7. The Kier molecular flexibility index (Phi) is 5.15. The molecule has 0 atom stereocenters. The van der Waals surface area contributed by atoms with E-state index in [1.54, 1.807) is 0 Å². The minimum Gasteiger partial charge on any atom is -0.0619 e. The summed E-state index contributed by atoms with van der Waals surface area (Å²) in [5, 5.41) is 17.7. The van der Waals surface area contributed by atoms with Crippen LogP contribution in [0.1, 0.15) is 22.3 Å². The van der Waals surface area contributed by atoms with Crippen LogP contribution in [-0.2, 0) is 6.42 Å². The number of fused-ring (bicyclic) bond motifs is 3. The summed E-state index contributed by atoms with van der Waals surface area (Å²) < 4.78 is 0. The van der Waals surface area contributed by atoms with Crippen LogP contribution in [0.5, 0.6) is 0 Å². The first-order valence-corrected chi connectivity index (χ1v) is 15.8. The lowest BCUT2D eigenvalue weighted by Crippen LogP contribution is -2.08. The van der Waals surface area contributed by atoms with Crippen LogP contribution < -0.4 is 10.4 Å². The van der Waals surface area contributed by atoms with Crippen LogP contribution in [0.25, 0.3) is 76.8 Å². The van der Waals surface area contributed by atoms with Crippen LogP contribution >= 0.6 is 0 Å². The molecule has 0 saturated heterocycles. The summed E-state index contributed by atoms with van der Waals surface area (Å²) in [6.07, 6.45) is 5.51. The summed E-state index contributed by atoms with van der Waals surface area (Å²) in [5.74, 6) is 0. The molecule has 0 fully saturated rings. The minimum absolute atomic E-state index is 0.853. The van der Waals surface area contributed by atoms with Crippen molar-refractivity contribution < 1.29 is 0 Å². The fourth-order valence-electron chi connectivity index (χ4n) is 7.57. The van der Waals surface area contributed by atoms with Crippen LogP contribution in [-0.4, -0.2) is 0 Å². The van der Waals surface area contributed by atoms with E-state index in [4.69, 9.17) is 0 Å². The molecule has 0 radical (unpaired) electrons. The SMILES string of the molecule is C1=c2ccc(cc2)=Cc2ccc3cc4ccc5cc6cccc7cc8ccc(cc2c3cc4c5cc76)c(c8)Cc2ccccc21. The van der Waals surface area contributed by atoms with Gasteiger partial charge in [0.25, 0.3) is 0 Å². The molecule has 0 saturated carbocycles. The molecule has 10 bridgehead atoms. The van der Waals surface area contributed by atoms with Gasteiger partial charge in [-0.25, -0.2) is 0 Å². The van der Waals surface area contributed by atoms with Crippen molar-refractivity contribution in [2.75, 3.05) is 0 Å². The molecule has 0 unspecified atom stereocenters. The third-order valence-corrected chi connectivity index (χ3v) is 9.89. The molecule has 0 spiro atoms. The molecular formula is C45H28. The molecule has 0 aliphatic heterocycles. The Hall–Kier alpha value is -5.72. The summed E-state index contributed by atoms with van der Waals surface area (Å²) in [5.41, 5.74) is 5.17. The van der Waals surface area contributed by atoms with Gasteiger partial charge in [0.05, 0.1) is 0 Å². The van der Waals surface area contributed by atoms with Crippen LogP contribution in [0.4, 0.5) is 0 Å². The zero-order chi connectivity index (χ0) is 29.5. The highest BCUT2D eigenvalue weighted by atomic mass is 14.1. The van der Waals surface area contributed by atoms with Crippen LogP contribution in [0.3, 0.4) is 0 Å². The third-order valence-electron chi connectivity index (χ3n) is 9.89. The second kappa shape index (κ2) is 9.39. The molecule has 10 aromatic carbocycles. The molecule has 10 aromatic rings. The largest absolute Gasteiger partial charge is 0.0619 e. The first-order valence-electron chi connectivity index (χ1n) is 15.8. The molecule has 208 valence electrons. The predicted molar refractivity (Wildman–Crippen MR) is 194 cm³/mol. The van der Waals surface area contributed by atoms with E-state index < -0.39 is 0 Å². The minimum atomic E-state index is 0.853. The first-order chi connectivity index (χ1) is 22.2. The van der Waals surface area contributed by atoms with Gasteiger partial charge in [-0.2, -0.15) is 0 Å². The van der Waals surface area contributed by atoms with Crippen molar-refractivity contribution in [1.29, 1.82) is 0 Å². The van der Waals surface area contributed by atoms with Gasteiger partial charge in [-0.3, -0.25) is 0 Å². The normalized spacial score (nSPS) is 12.7. The van der Waals surface area contributed by atoms with Crippen molar-refractivity contribution >= 4 is 76.8 Å². The van der Waals surface area contributed by atoms with E-state index in [-0.39, 0.29) is 0 Å². The average molecular weight is 569 g/mol. The summed E-state index contributed by atoms with van der Waals surface area (Å²) in [7, 11) is 0. The lowest BCUT2D eigenvalue weighted by Gasteiger charge is -2.13. The Morgan fingerprint density at radius 3 is 1.69 bits per heavy atom. The molecule has 0 heterocycles. The van der Waals surface area contributed by atoms with E-state index in [1.807, 2.05) is 0 Å². The summed E-state index contributed by atoms with van der Waals surface area (Å²) in [6.45, 7) is 0. The third kappa shape index (κ3) is 4.00. The van der Waals surface area contributed by atoms with Gasteiger partial charge in [-0.15, -0.1) is 0 Å². The van der Waals surface area contributed by atoms with Gasteiger partial charge in [0.2, 0.25) is 0 Å². The van der Waals surface area contributed by atoms with Crippen molar-refractivity contribution in [1.82, 2.24) is 0 Å². The van der Waals surface area contributed by atoms with Crippen molar-refractivity contribution in [2.45, 2.75) is 6.42 Å². The Balaban J connectivity index is 1.47. The second-order valence-electron chi connectivity index (χ2n) is 12.6. The summed E-state index contributed by atoms with van der Waals surface area (Å²) in [6, 6.07) is 55.1. The van der Waals surface area contributed by atoms with E-state index in [1.165, 1.54) is 97.3 Å². The van der Waals surface area contributed by atoms with Gasteiger partial charge >= 0.3 is 0 Å². The van der Waals surface area contributed by atoms with Gasteiger partial charge < -0.3 is 0 Å². The van der Waals surface area contributed by atoms with E-state index in [2.05, 4.69) is 158 Å². The van der Waals surface area contributed by atoms with Gasteiger partial charge in [-0.1, -0.05) is 109 Å². The number of hydrogen-bond acceptors (Lipinski definition) is 0. The van der Waals surface area contributed by atoms with E-state index in [0.29, 0.717) is 0 Å². The molecule has 0 aromatic heterocycles. The molecule has 0 amide bonds. The maximum atomic E-state index is 2.45. The molecular weight excluding hydrogens is 540 g/mol. The number of hydrogen-bond donors (Lipinski definition) is 0. The Labute approximate surface area is 260 Å². The Bertz CT molecular complexity index is 2810. The smallest absolute Gasteiger partial charge is 0.00137 e. The highest BCUT2D eigenvalue weighted by Gasteiger charge is 2.11. The van der Waals surface area contributed by atoms with Crippen molar-refractivity contribution in [3.8, 4) is 0 Å². The maximum absolute atomic E-state index is 2.45. The van der Waals surface area contributed by atoms with E-state index in [0.717, 1.165) is 6.42 Å². The van der Waals surface area contributed by atoms with Gasteiger partial charge in [0.1, 0.15) is 0 Å². The van der Waals surface area contributed by atoms with Crippen molar-refractivity contribution in [2.24, 2.45) is 0 Å². The summed E-state index contributed by atoms with van der Waals surface area (Å²) >= 11 is 0. The summed E-state index contributed by atoms with van der Waals surface area (Å²) in [4.78, 5) is 0. The van der Waals surface area contributed by atoms with Gasteiger partial charge in [0.15, 0.2) is 0 Å². The monoisotopic (exact) mass is 568 g/mol. The van der Waals surface area contributed by atoms with Crippen LogP contribution in [0.2, 0.25) is 0 Å². The molecule has 2 aliphatic carbocycles. The quantitative estimate of drug-likeness (QED) is 0.126. The average Bonchev–Trinajstić information content (AvgIpc) is 3.06. The molecule has 0 N–H and O–H groups in total. The van der Waals surface area contributed by atoms with E-state index in [9.17, 15) is 0 Å². The topological polar surface area (TPSA) is 0 Å². The molecule has 0 nitrogen and oxygen atoms in total. The Morgan fingerprint density at radius 1 is 0.311 bits per heavy atom. The van der Waals surface area contributed by atoms with Crippen LogP contribution in [0.15, 0.2) is 146 Å². The lowest BCUT2D eigenvalue weighted by atomic mass is 9.91. The fraction of sp³-hybridized carbons (Fsp3) is 0.0222. The molecule has 45 heavy (non-hydrogen) atoms. The van der Waals surface area contributed by atoms with Crippen molar-refractivity contribution in [3.63, 3.8) is 0 Å². The fourth-order valence-corrected chi connectivity index (χ4v) is 7.57. The highest BCUT2D eigenvalue weighted by molar-refractivity contribution is 6.19. The molecule has 12 rings (SSSR count). The van der Waals surface area contributed by atoms with Gasteiger partial charge in [0, 0.05) is 0 Å². The number of benzene rings is 8. The lowest BCUT2D eigenvalue weighted by molar-refractivity contribution is 1.21. The predicted octanol–water partition coefficient (Wildman–Crippen LogP) is 10.2. The zero-order valence-electron chi connectivity index (χ0n) is 24.7. The number of rotatable bonds is 0. The Morgan fingerprint density at radius 2 is 0.911 bits per heavy atom. The van der Waals surface area contributed by atoms with Crippen molar-refractivity contribution in [3.05, 3.63) is 178 Å².